The van der Waals surface area contributed by atoms with Gasteiger partial charge in [0.2, 0.25) is 0 Å². The Morgan fingerprint density at radius 3 is 2.46 bits per heavy atom. The number of nitrogens with one attached hydrogen (secondary N) is 1. The van der Waals surface area contributed by atoms with Crippen molar-refractivity contribution in [3.63, 3.8) is 0 Å². The number of H-pyrrole nitrogens is 1. The van der Waals surface area contributed by atoms with Crippen LogP contribution in [0.5, 0.6) is 0 Å². The highest BCUT2D eigenvalue weighted by atomic mass is 16.2. The van der Waals surface area contributed by atoms with Crippen LogP contribution >= 0.6 is 0 Å². The Morgan fingerprint density at radius 2 is 1.82 bits per heavy atom. The second kappa shape index (κ2) is 7.59. The molecular weight excluding hydrogens is 352 g/mol. The molecule has 28 heavy (non-hydrogen) atoms. The van der Waals surface area contributed by atoms with Crippen LogP contribution in [0.1, 0.15) is 27.3 Å². The highest BCUT2D eigenvalue weighted by Gasteiger charge is 2.24. The van der Waals surface area contributed by atoms with E-state index in [4.69, 9.17) is 0 Å². The zero-order valence-electron chi connectivity index (χ0n) is 16.6. The first-order valence-corrected chi connectivity index (χ1v) is 9.63. The van der Waals surface area contributed by atoms with Crippen molar-refractivity contribution in [3.8, 4) is 11.3 Å². The molecule has 2 aromatic heterocycles. The SMILES string of the molecule is Cc1ccc(-c2cc(C(=O)N3CCN(Cc4cn(C)nc4C)CC3)[nH]n2)cc1. The number of amides is 1. The standard InChI is InChI=1S/C21H26N6O/c1-15-4-6-17(7-5-15)19-12-20(23-22-19)21(28)27-10-8-26(9-11-27)14-18-13-25(3)24-16(18)2/h4-7,12-13H,8-11,14H2,1-3H3,(H,22,23). The summed E-state index contributed by atoms with van der Waals surface area (Å²) in [6.07, 6.45) is 2.07. The minimum absolute atomic E-state index is 0.0167. The summed E-state index contributed by atoms with van der Waals surface area (Å²) < 4.78 is 1.86. The molecule has 0 unspecified atom stereocenters. The Balaban J connectivity index is 1.36. The lowest BCUT2D eigenvalue weighted by molar-refractivity contribution is 0.0622. The van der Waals surface area contributed by atoms with E-state index < -0.39 is 0 Å². The van der Waals surface area contributed by atoms with Gasteiger partial charge in [-0.25, -0.2) is 0 Å². The molecule has 7 heteroatoms. The molecule has 0 spiro atoms. The maximum Gasteiger partial charge on any atom is 0.271 e. The van der Waals surface area contributed by atoms with Gasteiger partial charge in [0.05, 0.1) is 11.4 Å². The fourth-order valence-electron chi connectivity index (χ4n) is 3.63. The monoisotopic (exact) mass is 378 g/mol. The third-order valence-corrected chi connectivity index (χ3v) is 5.32. The van der Waals surface area contributed by atoms with Crippen LogP contribution in [0.15, 0.2) is 36.5 Å². The quantitative estimate of drug-likeness (QED) is 0.757. The summed E-state index contributed by atoms with van der Waals surface area (Å²) in [6.45, 7) is 8.13. The molecule has 3 heterocycles. The van der Waals surface area contributed by atoms with E-state index in [0.29, 0.717) is 5.69 Å². The molecule has 1 fully saturated rings. The molecule has 1 aliphatic heterocycles. The van der Waals surface area contributed by atoms with Crippen LogP contribution in [-0.4, -0.2) is 61.9 Å². The zero-order chi connectivity index (χ0) is 19.7. The van der Waals surface area contributed by atoms with E-state index >= 15 is 0 Å². The molecule has 3 aromatic rings. The molecule has 0 radical (unpaired) electrons. The molecule has 0 atom stereocenters. The maximum atomic E-state index is 12.8. The third kappa shape index (κ3) is 3.84. The van der Waals surface area contributed by atoms with Crippen LogP contribution in [0.25, 0.3) is 11.3 Å². The van der Waals surface area contributed by atoms with Crippen LogP contribution in [0.4, 0.5) is 0 Å². The highest BCUT2D eigenvalue weighted by Crippen LogP contribution is 2.19. The van der Waals surface area contributed by atoms with Gasteiger partial charge >= 0.3 is 0 Å². The van der Waals surface area contributed by atoms with Gasteiger partial charge in [-0.05, 0) is 19.9 Å². The van der Waals surface area contributed by atoms with E-state index in [0.717, 1.165) is 49.7 Å². The molecule has 0 aliphatic carbocycles. The number of benzene rings is 1. The molecule has 7 nitrogen and oxygen atoms in total. The maximum absolute atomic E-state index is 12.8. The Kier molecular flexibility index (Phi) is 5.00. The third-order valence-electron chi connectivity index (χ3n) is 5.32. The van der Waals surface area contributed by atoms with Crippen LogP contribution in [0, 0.1) is 13.8 Å². The largest absolute Gasteiger partial charge is 0.335 e. The second-order valence-electron chi connectivity index (χ2n) is 7.51. The van der Waals surface area contributed by atoms with Gasteiger partial charge in [0.15, 0.2) is 0 Å². The summed E-state index contributed by atoms with van der Waals surface area (Å²) in [5.74, 6) is 0.0167. The van der Waals surface area contributed by atoms with Gasteiger partial charge in [0.25, 0.3) is 5.91 Å². The lowest BCUT2D eigenvalue weighted by Crippen LogP contribution is -2.48. The number of rotatable bonds is 4. The fourth-order valence-corrected chi connectivity index (χ4v) is 3.63. The first kappa shape index (κ1) is 18.4. The summed E-state index contributed by atoms with van der Waals surface area (Å²) in [4.78, 5) is 17.1. The van der Waals surface area contributed by atoms with Gasteiger partial charge < -0.3 is 4.90 Å². The predicted octanol–water partition coefficient (Wildman–Crippen LogP) is 2.39. The van der Waals surface area contributed by atoms with E-state index in [9.17, 15) is 4.79 Å². The molecule has 0 saturated carbocycles. The number of carbonyl (C=O) groups excluding carboxylic acids is 1. The number of hydrogen-bond donors (Lipinski definition) is 1. The first-order chi connectivity index (χ1) is 13.5. The summed E-state index contributed by atoms with van der Waals surface area (Å²) in [7, 11) is 1.95. The molecule has 1 aromatic carbocycles. The lowest BCUT2D eigenvalue weighted by Gasteiger charge is -2.34. The second-order valence-corrected chi connectivity index (χ2v) is 7.51. The zero-order valence-corrected chi connectivity index (χ0v) is 16.6. The summed E-state index contributed by atoms with van der Waals surface area (Å²) in [5.41, 5.74) is 5.88. The minimum atomic E-state index is 0.0167. The normalized spacial score (nSPS) is 15.2. The Labute approximate surface area is 165 Å². The fraction of sp³-hybridized carbons (Fsp3) is 0.381. The molecule has 146 valence electrons. The van der Waals surface area contributed by atoms with Gasteiger partial charge in [-0.1, -0.05) is 29.8 Å². The van der Waals surface area contributed by atoms with Crippen molar-refractivity contribution in [2.24, 2.45) is 7.05 Å². The van der Waals surface area contributed by atoms with Crippen LogP contribution in [0.2, 0.25) is 0 Å². The van der Waals surface area contributed by atoms with Crippen molar-refractivity contribution in [1.29, 1.82) is 0 Å². The first-order valence-electron chi connectivity index (χ1n) is 9.63. The van der Waals surface area contributed by atoms with Crippen molar-refractivity contribution in [2.75, 3.05) is 26.2 Å². The number of aromatic nitrogens is 4. The van der Waals surface area contributed by atoms with Gasteiger partial charge in [0.1, 0.15) is 5.69 Å². The van der Waals surface area contributed by atoms with Crippen molar-refractivity contribution < 1.29 is 4.79 Å². The van der Waals surface area contributed by atoms with Gasteiger partial charge in [-0.2, -0.15) is 10.2 Å². The Bertz CT molecular complexity index is 963. The number of hydrogen-bond acceptors (Lipinski definition) is 4. The molecular formula is C21H26N6O. The lowest BCUT2D eigenvalue weighted by atomic mass is 10.1. The number of nitrogens with zero attached hydrogens (tertiary/aromatic N) is 5. The molecule has 1 saturated heterocycles. The van der Waals surface area contributed by atoms with E-state index in [-0.39, 0.29) is 5.91 Å². The Hall–Kier alpha value is -2.93. The molecule has 1 aliphatic rings. The summed E-state index contributed by atoms with van der Waals surface area (Å²) >= 11 is 0. The molecule has 1 N–H and O–H groups in total. The topological polar surface area (TPSA) is 70.1 Å². The molecule has 0 bridgehead atoms. The number of aromatic amines is 1. The minimum Gasteiger partial charge on any atom is -0.335 e. The van der Waals surface area contributed by atoms with Crippen molar-refractivity contribution in [2.45, 2.75) is 20.4 Å². The predicted molar refractivity (Wildman–Crippen MR) is 108 cm³/mol. The smallest absolute Gasteiger partial charge is 0.271 e. The van der Waals surface area contributed by atoms with Crippen LogP contribution in [-0.2, 0) is 13.6 Å². The number of carbonyl (C=O) groups is 1. The van der Waals surface area contributed by atoms with Gasteiger partial charge in [-0.15, -0.1) is 0 Å². The van der Waals surface area contributed by atoms with Crippen LogP contribution in [0.3, 0.4) is 0 Å². The molecule has 4 rings (SSSR count). The average Bonchev–Trinajstić information content (AvgIpc) is 3.29. The van der Waals surface area contributed by atoms with Gasteiger partial charge in [-0.3, -0.25) is 19.5 Å². The van der Waals surface area contributed by atoms with Crippen molar-refractivity contribution in [3.05, 3.63) is 59.0 Å². The average molecular weight is 378 g/mol. The van der Waals surface area contributed by atoms with Gasteiger partial charge in [0, 0.05) is 57.1 Å². The van der Waals surface area contributed by atoms with E-state index in [1.807, 2.05) is 41.8 Å². The summed E-state index contributed by atoms with van der Waals surface area (Å²) in [6, 6.07) is 10.00. The van der Waals surface area contributed by atoms with Crippen molar-refractivity contribution in [1.82, 2.24) is 29.8 Å². The Morgan fingerprint density at radius 1 is 1.11 bits per heavy atom. The van der Waals surface area contributed by atoms with Crippen LogP contribution < -0.4 is 0 Å². The number of piperazine rings is 1. The van der Waals surface area contributed by atoms with E-state index in [1.54, 1.807) is 0 Å². The van der Waals surface area contributed by atoms with E-state index in [1.165, 1.54) is 11.1 Å². The van der Waals surface area contributed by atoms with Crippen molar-refractivity contribution >= 4 is 5.91 Å². The molecule has 1 amide bonds. The summed E-state index contributed by atoms with van der Waals surface area (Å²) in [5, 5.41) is 11.6. The van der Waals surface area contributed by atoms with E-state index in [2.05, 4.69) is 45.4 Å². The highest BCUT2D eigenvalue weighted by molar-refractivity contribution is 5.93. The number of aryl methyl sites for hydroxylation is 3.